The molecule has 0 aromatic heterocycles. The number of carbonyl (C=O) groups is 1. The van der Waals surface area contributed by atoms with E-state index < -0.39 is 5.97 Å². The van der Waals surface area contributed by atoms with Gasteiger partial charge in [0.1, 0.15) is 0 Å². The van der Waals surface area contributed by atoms with Crippen LogP contribution in [-0.4, -0.2) is 17.2 Å². The summed E-state index contributed by atoms with van der Waals surface area (Å²) >= 11 is 0. The normalized spacial score (nSPS) is 5.00. The molecule has 0 amide bonds. The van der Waals surface area contributed by atoms with Gasteiger partial charge >= 0.3 is 12.1 Å². The highest BCUT2D eigenvalue weighted by atomic mass is 16.4. The van der Waals surface area contributed by atoms with Gasteiger partial charge < -0.3 is 5.11 Å². The van der Waals surface area contributed by atoms with Crippen molar-refractivity contribution in [2.45, 2.75) is 0 Å². The van der Waals surface area contributed by atoms with E-state index in [2.05, 4.69) is 6.58 Å². The minimum absolute atomic E-state index is 0.250. The zero-order valence-corrected chi connectivity index (χ0v) is 3.96. The van der Waals surface area contributed by atoms with Crippen molar-refractivity contribution in [3.8, 4) is 0 Å². The number of carboxylic acid groups (broad SMARTS) is 1. The molecule has 4 heteroatoms. The molecule has 0 aliphatic carbocycles. The summed E-state index contributed by atoms with van der Waals surface area (Å²) in [4.78, 5) is 25.5. The summed E-state index contributed by atoms with van der Waals surface area (Å²) in [5.74, 6) is -0.981. The fourth-order valence-corrected chi connectivity index (χ4v) is 0. The number of rotatable bonds is 1. The fraction of sp³-hybridized carbons (Fsp3) is 0. The van der Waals surface area contributed by atoms with E-state index in [9.17, 15) is 4.79 Å². The first kappa shape index (κ1) is 9.77. The molecule has 0 rings (SSSR count). The summed E-state index contributed by atoms with van der Waals surface area (Å²) in [6.07, 6.45) is 1.08. The first-order valence-corrected chi connectivity index (χ1v) is 1.53. The van der Waals surface area contributed by atoms with Crippen molar-refractivity contribution in [2.24, 2.45) is 0 Å². The van der Waals surface area contributed by atoms with E-state index in [1.807, 2.05) is 0 Å². The van der Waals surface area contributed by atoms with Crippen molar-refractivity contribution in [1.82, 2.24) is 0 Å². The van der Waals surface area contributed by atoms with Crippen molar-refractivity contribution in [2.75, 3.05) is 0 Å². The molecule has 8 heavy (non-hydrogen) atoms. The second-order valence-electron chi connectivity index (χ2n) is 0.626. The standard InChI is InChI=1S/C3H4O2.CO2/c1-2-3(4)5;2-1-3/h2H,1H2,(H,4,5);. The van der Waals surface area contributed by atoms with Crippen LogP contribution in [0.1, 0.15) is 0 Å². The molecule has 0 saturated carbocycles. The Morgan fingerprint density at radius 1 is 1.62 bits per heavy atom. The summed E-state index contributed by atoms with van der Waals surface area (Å²) in [6.45, 7) is 2.96. The molecule has 0 radical (unpaired) electrons. The van der Waals surface area contributed by atoms with Crippen LogP contribution in [0, 0.1) is 0 Å². The lowest BCUT2D eigenvalue weighted by atomic mass is 10.7. The van der Waals surface area contributed by atoms with Gasteiger partial charge in [-0.05, 0) is 0 Å². The van der Waals surface area contributed by atoms with Crippen LogP contribution in [0.15, 0.2) is 12.7 Å². The molecule has 0 atom stereocenters. The maximum atomic E-state index is 9.25. The number of carbonyl (C=O) groups excluding carboxylic acids is 2. The molecule has 44 valence electrons. The zero-order valence-electron chi connectivity index (χ0n) is 3.96. The van der Waals surface area contributed by atoms with Gasteiger partial charge in [-0.1, -0.05) is 6.58 Å². The first-order valence-electron chi connectivity index (χ1n) is 1.53. The van der Waals surface area contributed by atoms with Gasteiger partial charge in [-0.15, -0.1) is 0 Å². The highest BCUT2D eigenvalue weighted by Crippen LogP contribution is 1.54. The Hall–Kier alpha value is -1.41. The van der Waals surface area contributed by atoms with Crippen LogP contribution in [0.3, 0.4) is 0 Å². The van der Waals surface area contributed by atoms with Gasteiger partial charge in [-0.3, -0.25) is 0 Å². The molecule has 4 nitrogen and oxygen atoms in total. The third-order valence-electron chi connectivity index (χ3n) is 0.175. The predicted molar refractivity (Wildman–Crippen MR) is 22.8 cm³/mol. The molecule has 0 aromatic rings. The average Bonchev–Trinajstić information content (AvgIpc) is 1.69. The monoisotopic (exact) mass is 116 g/mol. The largest absolute Gasteiger partial charge is 0.478 e. The topological polar surface area (TPSA) is 71.4 Å². The van der Waals surface area contributed by atoms with Gasteiger partial charge in [0.25, 0.3) is 0 Å². The number of hydrogen-bond donors (Lipinski definition) is 1. The predicted octanol–water partition coefficient (Wildman–Crippen LogP) is -0.327. The molecule has 0 fully saturated rings. The smallest absolute Gasteiger partial charge is 0.373 e. The van der Waals surface area contributed by atoms with E-state index in [1.54, 1.807) is 0 Å². The first-order chi connectivity index (χ1) is 3.68. The Morgan fingerprint density at radius 3 is 1.75 bits per heavy atom. The third-order valence-corrected chi connectivity index (χ3v) is 0.175. The van der Waals surface area contributed by atoms with Gasteiger partial charge in [0.2, 0.25) is 0 Å². The Bertz CT molecular complexity index is 109. The summed E-state index contributed by atoms with van der Waals surface area (Å²) in [6, 6.07) is 0. The number of aliphatic carboxylic acids is 1. The van der Waals surface area contributed by atoms with Crippen LogP contribution in [-0.2, 0) is 14.4 Å². The lowest BCUT2D eigenvalue weighted by molar-refractivity contribution is -0.191. The SMILES string of the molecule is C=CC(=O)O.O=C=O. The molecule has 1 N–H and O–H groups in total. The molecule has 0 spiro atoms. The van der Waals surface area contributed by atoms with Gasteiger partial charge in [-0.2, -0.15) is 9.59 Å². The lowest BCUT2D eigenvalue weighted by Crippen LogP contribution is -1.82. The Labute approximate surface area is 45.4 Å². The maximum Gasteiger partial charge on any atom is 0.373 e. The molecule has 0 saturated heterocycles. The molecule has 0 unspecified atom stereocenters. The quantitative estimate of drug-likeness (QED) is 0.476. The Kier molecular flexibility index (Phi) is 11.2. The molecule has 0 bridgehead atoms. The van der Waals surface area contributed by atoms with E-state index in [0.717, 1.165) is 6.08 Å². The van der Waals surface area contributed by atoms with E-state index >= 15 is 0 Å². The zero-order chi connectivity index (χ0) is 6.99. The summed E-state index contributed by atoms with van der Waals surface area (Å²) < 4.78 is 0. The van der Waals surface area contributed by atoms with Crippen molar-refractivity contribution < 1.29 is 19.5 Å². The highest BCUT2D eigenvalue weighted by molar-refractivity contribution is 5.78. The van der Waals surface area contributed by atoms with E-state index in [1.165, 1.54) is 0 Å². The molecular weight excluding hydrogens is 112 g/mol. The molecule has 0 heterocycles. The van der Waals surface area contributed by atoms with Crippen LogP contribution in [0.5, 0.6) is 0 Å². The van der Waals surface area contributed by atoms with Crippen LogP contribution < -0.4 is 0 Å². The lowest BCUT2D eigenvalue weighted by Gasteiger charge is -1.64. The van der Waals surface area contributed by atoms with Crippen LogP contribution in [0.4, 0.5) is 0 Å². The van der Waals surface area contributed by atoms with Crippen molar-refractivity contribution in [3.63, 3.8) is 0 Å². The highest BCUT2D eigenvalue weighted by Gasteiger charge is 1.73. The molecular formula is C4H4O4. The minimum atomic E-state index is -0.981. The van der Waals surface area contributed by atoms with Crippen molar-refractivity contribution in [3.05, 3.63) is 12.7 Å². The van der Waals surface area contributed by atoms with Crippen LogP contribution >= 0.6 is 0 Å². The Balaban J connectivity index is 0. The van der Waals surface area contributed by atoms with Gasteiger partial charge in [0.05, 0.1) is 0 Å². The van der Waals surface area contributed by atoms with Gasteiger partial charge in [0, 0.05) is 6.08 Å². The van der Waals surface area contributed by atoms with E-state index in [0.29, 0.717) is 0 Å². The fourth-order valence-electron chi connectivity index (χ4n) is 0. The minimum Gasteiger partial charge on any atom is -0.478 e. The van der Waals surface area contributed by atoms with Gasteiger partial charge in [-0.25, -0.2) is 4.79 Å². The second kappa shape index (κ2) is 9.14. The third kappa shape index (κ3) is 170. The second-order valence-corrected chi connectivity index (χ2v) is 0.626. The van der Waals surface area contributed by atoms with E-state index in [4.69, 9.17) is 14.7 Å². The number of carboxylic acids is 1. The molecule has 0 aromatic carbocycles. The summed E-state index contributed by atoms with van der Waals surface area (Å²) in [5.41, 5.74) is 0. The van der Waals surface area contributed by atoms with Crippen LogP contribution in [0.2, 0.25) is 0 Å². The maximum absolute atomic E-state index is 9.25. The Morgan fingerprint density at radius 2 is 1.75 bits per heavy atom. The van der Waals surface area contributed by atoms with Crippen molar-refractivity contribution in [1.29, 1.82) is 0 Å². The summed E-state index contributed by atoms with van der Waals surface area (Å²) in [5, 5.41) is 7.60. The molecule has 0 aliphatic heterocycles. The average molecular weight is 116 g/mol. The summed E-state index contributed by atoms with van der Waals surface area (Å²) in [7, 11) is 0. The van der Waals surface area contributed by atoms with E-state index in [-0.39, 0.29) is 6.15 Å². The number of hydrogen-bond acceptors (Lipinski definition) is 3. The van der Waals surface area contributed by atoms with Crippen molar-refractivity contribution >= 4 is 12.1 Å². The van der Waals surface area contributed by atoms with Gasteiger partial charge in [0.15, 0.2) is 0 Å². The molecule has 0 aliphatic rings. The van der Waals surface area contributed by atoms with Crippen LogP contribution in [0.25, 0.3) is 0 Å².